The predicted octanol–water partition coefficient (Wildman–Crippen LogP) is 1.22. The minimum atomic E-state index is -3.15. The summed E-state index contributed by atoms with van der Waals surface area (Å²) in [6.07, 6.45) is 4.51. The van der Waals surface area contributed by atoms with Gasteiger partial charge in [-0.1, -0.05) is 13.8 Å². The van der Waals surface area contributed by atoms with Crippen LogP contribution in [0.1, 0.15) is 46.0 Å². The molecule has 0 aromatic heterocycles. The molecule has 0 bridgehead atoms. The van der Waals surface area contributed by atoms with Gasteiger partial charge >= 0.3 is 0 Å². The van der Waals surface area contributed by atoms with Crippen LogP contribution in [0.25, 0.3) is 0 Å². The van der Waals surface area contributed by atoms with Crippen molar-refractivity contribution in [2.24, 2.45) is 11.7 Å². The van der Waals surface area contributed by atoms with Crippen LogP contribution in [0.3, 0.4) is 0 Å². The highest BCUT2D eigenvalue weighted by molar-refractivity contribution is 7.89. The standard InChI is InChI=1S/C11H24N2O2S/c1-3-8-16(14,15)13-11(9-12)6-4-10(2)5-7-11/h10,13H,3-9,12H2,1-2H3. The van der Waals surface area contributed by atoms with E-state index in [1.54, 1.807) is 0 Å². The Morgan fingerprint density at radius 2 is 1.94 bits per heavy atom. The molecular weight excluding hydrogens is 224 g/mol. The summed E-state index contributed by atoms with van der Waals surface area (Å²) in [5.41, 5.74) is 5.39. The number of nitrogens with one attached hydrogen (secondary N) is 1. The summed E-state index contributed by atoms with van der Waals surface area (Å²) in [6, 6.07) is 0. The summed E-state index contributed by atoms with van der Waals surface area (Å²) in [6.45, 7) is 4.49. The summed E-state index contributed by atoms with van der Waals surface area (Å²) in [5, 5.41) is 0. The Bertz CT molecular complexity index is 306. The Morgan fingerprint density at radius 1 is 1.38 bits per heavy atom. The van der Waals surface area contributed by atoms with Gasteiger partial charge in [0.2, 0.25) is 10.0 Å². The van der Waals surface area contributed by atoms with Crippen LogP contribution in [0.2, 0.25) is 0 Å². The highest BCUT2D eigenvalue weighted by Crippen LogP contribution is 2.31. The minimum Gasteiger partial charge on any atom is -0.329 e. The largest absolute Gasteiger partial charge is 0.329 e. The first-order valence-corrected chi connectivity index (χ1v) is 7.80. The van der Waals surface area contributed by atoms with Gasteiger partial charge in [0.1, 0.15) is 0 Å². The lowest BCUT2D eigenvalue weighted by Gasteiger charge is -2.38. The number of rotatable bonds is 5. The van der Waals surface area contributed by atoms with Gasteiger partial charge in [-0.15, -0.1) is 0 Å². The van der Waals surface area contributed by atoms with Crippen molar-refractivity contribution in [2.45, 2.75) is 51.5 Å². The molecule has 3 N–H and O–H groups in total. The molecule has 1 aliphatic rings. The van der Waals surface area contributed by atoms with Crippen LogP contribution in [-0.2, 0) is 10.0 Å². The van der Waals surface area contributed by atoms with Crippen LogP contribution in [0.15, 0.2) is 0 Å². The zero-order chi connectivity index (χ0) is 12.2. The van der Waals surface area contributed by atoms with E-state index in [9.17, 15) is 8.42 Å². The van der Waals surface area contributed by atoms with Crippen LogP contribution in [0.5, 0.6) is 0 Å². The maximum absolute atomic E-state index is 11.8. The fourth-order valence-electron chi connectivity index (χ4n) is 2.31. The van der Waals surface area contributed by atoms with Crippen molar-refractivity contribution in [2.75, 3.05) is 12.3 Å². The van der Waals surface area contributed by atoms with Crippen molar-refractivity contribution in [3.8, 4) is 0 Å². The molecule has 0 aromatic carbocycles. The normalized spacial score (nSPS) is 31.6. The topological polar surface area (TPSA) is 72.2 Å². The van der Waals surface area contributed by atoms with Crippen molar-refractivity contribution in [1.82, 2.24) is 4.72 Å². The van der Waals surface area contributed by atoms with Crippen molar-refractivity contribution < 1.29 is 8.42 Å². The number of hydrogen-bond acceptors (Lipinski definition) is 3. The lowest BCUT2D eigenvalue weighted by molar-refractivity contribution is 0.231. The van der Waals surface area contributed by atoms with Gasteiger partial charge < -0.3 is 5.73 Å². The summed E-state index contributed by atoms with van der Waals surface area (Å²) in [4.78, 5) is 0. The third-order valence-corrected chi connectivity index (χ3v) is 5.16. The summed E-state index contributed by atoms with van der Waals surface area (Å²) >= 11 is 0. The highest BCUT2D eigenvalue weighted by Gasteiger charge is 2.36. The Hall–Kier alpha value is -0.130. The van der Waals surface area contributed by atoms with E-state index in [4.69, 9.17) is 5.73 Å². The van der Waals surface area contributed by atoms with E-state index in [1.807, 2.05) is 6.92 Å². The van der Waals surface area contributed by atoms with E-state index in [0.29, 0.717) is 18.9 Å². The van der Waals surface area contributed by atoms with Gasteiger partial charge in [-0.05, 0) is 38.0 Å². The maximum Gasteiger partial charge on any atom is 0.212 e. The van der Waals surface area contributed by atoms with Crippen molar-refractivity contribution in [1.29, 1.82) is 0 Å². The van der Waals surface area contributed by atoms with Crippen LogP contribution in [0, 0.1) is 5.92 Å². The molecule has 1 aliphatic carbocycles. The quantitative estimate of drug-likeness (QED) is 0.768. The Morgan fingerprint density at radius 3 is 2.38 bits per heavy atom. The van der Waals surface area contributed by atoms with Gasteiger partial charge in [0.25, 0.3) is 0 Å². The molecule has 1 saturated carbocycles. The summed E-state index contributed by atoms with van der Waals surface area (Å²) in [7, 11) is -3.15. The van der Waals surface area contributed by atoms with E-state index in [1.165, 1.54) is 0 Å². The first-order chi connectivity index (χ1) is 7.43. The predicted molar refractivity (Wildman–Crippen MR) is 66.6 cm³/mol. The molecule has 0 amide bonds. The van der Waals surface area contributed by atoms with Gasteiger partial charge in [0.05, 0.1) is 5.75 Å². The van der Waals surface area contributed by atoms with Crippen LogP contribution in [-0.4, -0.2) is 26.3 Å². The molecule has 5 heteroatoms. The molecule has 0 aromatic rings. The van der Waals surface area contributed by atoms with Gasteiger partial charge in [0.15, 0.2) is 0 Å². The van der Waals surface area contributed by atoms with Gasteiger partial charge in [0, 0.05) is 12.1 Å². The maximum atomic E-state index is 11.8. The molecule has 4 nitrogen and oxygen atoms in total. The zero-order valence-electron chi connectivity index (χ0n) is 10.3. The van der Waals surface area contributed by atoms with Crippen molar-refractivity contribution >= 4 is 10.0 Å². The fraction of sp³-hybridized carbons (Fsp3) is 1.00. The zero-order valence-corrected chi connectivity index (χ0v) is 11.1. The minimum absolute atomic E-state index is 0.199. The van der Waals surface area contributed by atoms with Gasteiger partial charge in [-0.25, -0.2) is 13.1 Å². The van der Waals surface area contributed by atoms with E-state index < -0.39 is 10.0 Å². The van der Waals surface area contributed by atoms with Gasteiger partial charge in [-0.2, -0.15) is 0 Å². The highest BCUT2D eigenvalue weighted by atomic mass is 32.2. The molecule has 0 aliphatic heterocycles. The SMILES string of the molecule is CCCS(=O)(=O)NC1(CN)CCC(C)CC1. The lowest BCUT2D eigenvalue weighted by atomic mass is 9.78. The van der Waals surface area contributed by atoms with E-state index in [-0.39, 0.29) is 11.3 Å². The Kier molecular flexibility index (Phi) is 4.76. The van der Waals surface area contributed by atoms with E-state index in [2.05, 4.69) is 11.6 Å². The smallest absolute Gasteiger partial charge is 0.212 e. The lowest BCUT2D eigenvalue weighted by Crippen LogP contribution is -2.55. The van der Waals surface area contributed by atoms with Crippen molar-refractivity contribution in [3.05, 3.63) is 0 Å². The third kappa shape index (κ3) is 3.71. The van der Waals surface area contributed by atoms with Crippen LogP contribution < -0.4 is 10.5 Å². The molecule has 0 spiro atoms. The van der Waals surface area contributed by atoms with Gasteiger partial charge in [-0.3, -0.25) is 0 Å². The molecule has 0 heterocycles. The first kappa shape index (κ1) is 13.9. The molecule has 0 saturated heterocycles. The fourth-order valence-corrected chi connectivity index (χ4v) is 3.90. The van der Waals surface area contributed by atoms with Crippen molar-refractivity contribution in [3.63, 3.8) is 0 Å². The first-order valence-electron chi connectivity index (χ1n) is 6.15. The van der Waals surface area contributed by atoms with E-state index in [0.717, 1.165) is 25.7 Å². The number of hydrogen-bond donors (Lipinski definition) is 2. The van der Waals surface area contributed by atoms with E-state index >= 15 is 0 Å². The molecule has 96 valence electrons. The molecule has 0 unspecified atom stereocenters. The number of sulfonamides is 1. The Labute approximate surface area is 99.0 Å². The van der Waals surface area contributed by atoms with Crippen LogP contribution >= 0.6 is 0 Å². The third-order valence-electron chi connectivity index (χ3n) is 3.47. The molecular formula is C11H24N2O2S. The monoisotopic (exact) mass is 248 g/mol. The summed E-state index contributed by atoms with van der Waals surface area (Å²) in [5.74, 6) is 0.889. The van der Waals surface area contributed by atoms with Crippen LogP contribution in [0.4, 0.5) is 0 Å². The Balaban J connectivity index is 2.67. The number of nitrogens with two attached hydrogens (primary N) is 1. The average Bonchev–Trinajstić information content (AvgIpc) is 2.21. The average molecular weight is 248 g/mol. The summed E-state index contributed by atoms with van der Waals surface area (Å²) < 4.78 is 26.4. The molecule has 0 atom stereocenters. The second-order valence-electron chi connectivity index (χ2n) is 5.09. The molecule has 0 radical (unpaired) electrons. The molecule has 1 fully saturated rings. The molecule has 1 rings (SSSR count). The second kappa shape index (κ2) is 5.47. The molecule has 16 heavy (non-hydrogen) atoms. The second-order valence-corrected chi connectivity index (χ2v) is 6.93.